The fraction of sp³-hybridized carbons (Fsp3) is 0.316. The number of pyridine rings is 1. The van der Waals surface area contributed by atoms with Crippen LogP contribution in [0.25, 0.3) is 0 Å². The predicted molar refractivity (Wildman–Crippen MR) is 96.2 cm³/mol. The summed E-state index contributed by atoms with van der Waals surface area (Å²) in [6, 6.07) is 12.9. The molecule has 1 fully saturated rings. The normalized spacial score (nSPS) is 17.6. The Kier molecular flexibility index (Phi) is 4.97. The van der Waals surface area contributed by atoms with E-state index in [2.05, 4.69) is 15.6 Å². The molecule has 1 aliphatic rings. The van der Waals surface area contributed by atoms with Crippen LogP contribution in [0, 0.1) is 13.8 Å². The molecule has 0 spiro atoms. The summed E-state index contributed by atoms with van der Waals surface area (Å²) in [5.41, 5.74) is 2.83. The Hall–Kier alpha value is -2.89. The van der Waals surface area contributed by atoms with Crippen molar-refractivity contribution >= 4 is 17.8 Å². The summed E-state index contributed by atoms with van der Waals surface area (Å²) >= 11 is 0. The van der Waals surface area contributed by atoms with Crippen LogP contribution in [0.2, 0.25) is 0 Å². The first kappa shape index (κ1) is 17.0. The molecule has 1 saturated heterocycles. The summed E-state index contributed by atoms with van der Waals surface area (Å²) in [4.78, 5) is 30.9. The molecule has 1 aromatic carbocycles. The maximum atomic E-state index is 12.9. The Balaban J connectivity index is 1.85. The van der Waals surface area contributed by atoms with E-state index >= 15 is 0 Å². The second-order valence-corrected chi connectivity index (χ2v) is 6.28. The summed E-state index contributed by atoms with van der Waals surface area (Å²) in [7, 11) is 0. The van der Waals surface area contributed by atoms with Gasteiger partial charge in [0.15, 0.2) is 0 Å². The highest BCUT2D eigenvalue weighted by Crippen LogP contribution is 2.26. The second-order valence-electron chi connectivity index (χ2n) is 6.28. The molecule has 0 bridgehead atoms. The summed E-state index contributed by atoms with van der Waals surface area (Å²) in [6.45, 7) is 4.74. The van der Waals surface area contributed by atoms with Crippen molar-refractivity contribution in [2.75, 3.05) is 18.4 Å². The number of benzene rings is 1. The van der Waals surface area contributed by atoms with Gasteiger partial charge in [-0.2, -0.15) is 0 Å². The van der Waals surface area contributed by atoms with Crippen molar-refractivity contribution in [2.24, 2.45) is 0 Å². The average molecular weight is 338 g/mol. The van der Waals surface area contributed by atoms with Gasteiger partial charge in [0, 0.05) is 18.8 Å². The van der Waals surface area contributed by atoms with E-state index in [9.17, 15) is 9.59 Å². The monoisotopic (exact) mass is 338 g/mol. The number of hydrogen-bond acceptors (Lipinski definition) is 3. The van der Waals surface area contributed by atoms with Gasteiger partial charge in [-0.25, -0.2) is 9.78 Å². The Bertz CT molecular complexity index is 756. The number of nitrogens with one attached hydrogen (secondary N) is 2. The van der Waals surface area contributed by atoms with Gasteiger partial charge in [-0.3, -0.25) is 10.1 Å². The van der Waals surface area contributed by atoms with Crippen LogP contribution in [-0.2, 0) is 4.79 Å². The standard InChI is InChI=1S/C19H22N4O2/c1-13-10-14(2)21-17(11-13)22-19(25)23-9-8-20-18(24)12-16(23)15-6-4-3-5-7-15/h3-7,10-11,16H,8-9,12H2,1-2H3,(H,20,24)(H,21,22,25). The highest BCUT2D eigenvalue weighted by molar-refractivity contribution is 5.89. The minimum absolute atomic E-state index is 0.0475. The van der Waals surface area contributed by atoms with Crippen LogP contribution in [0.4, 0.5) is 10.6 Å². The molecule has 130 valence electrons. The number of hydrogen-bond donors (Lipinski definition) is 2. The van der Waals surface area contributed by atoms with E-state index in [1.807, 2.05) is 56.3 Å². The molecule has 3 amide bonds. The second kappa shape index (κ2) is 7.34. The van der Waals surface area contributed by atoms with E-state index in [0.29, 0.717) is 18.9 Å². The SMILES string of the molecule is Cc1cc(C)nc(NC(=O)N2CCNC(=O)CC2c2ccccc2)c1. The molecule has 1 aliphatic heterocycles. The van der Waals surface area contributed by atoms with E-state index < -0.39 is 0 Å². The third-order valence-electron chi connectivity index (χ3n) is 4.21. The zero-order valence-corrected chi connectivity index (χ0v) is 14.5. The number of nitrogens with zero attached hydrogens (tertiary/aromatic N) is 2. The fourth-order valence-electron chi connectivity index (χ4n) is 3.13. The first-order valence-corrected chi connectivity index (χ1v) is 8.37. The molecule has 3 rings (SSSR count). The molecule has 0 radical (unpaired) electrons. The number of carbonyl (C=O) groups excluding carboxylic acids is 2. The summed E-state index contributed by atoms with van der Waals surface area (Å²) in [5, 5.41) is 5.71. The predicted octanol–water partition coefficient (Wildman–Crippen LogP) is 2.79. The van der Waals surface area contributed by atoms with Gasteiger partial charge >= 0.3 is 6.03 Å². The number of aryl methyl sites for hydroxylation is 2. The van der Waals surface area contributed by atoms with E-state index in [4.69, 9.17) is 0 Å². The number of carbonyl (C=O) groups is 2. The molecule has 0 aliphatic carbocycles. The van der Waals surface area contributed by atoms with Gasteiger partial charge in [0.1, 0.15) is 5.82 Å². The first-order valence-electron chi connectivity index (χ1n) is 8.37. The minimum Gasteiger partial charge on any atom is -0.354 e. The molecule has 6 heteroatoms. The molecular formula is C19H22N4O2. The lowest BCUT2D eigenvalue weighted by Gasteiger charge is -2.29. The van der Waals surface area contributed by atoms with Crippen LogP contribution in [0.1, 0.15) is 29.3 Å². The lowest BCUT2D eigenvalue weighted by atomic mass is 10.0. The highest BCUT2D eigenvalue weighted by Gasteiger charge is 2.30. The van der Waals surface area contributed by atoms with Crippen molar-refractivity contribution in [1.29, 1.82) is 0 Å². The maximum absolute atomic E-state index is 12.9. The van der Waals surface area contributed by atoms with Crippen molar-refractivity contribution < 1.29 is 9.59 Å². The quantitative estimate of drug-likeness (QED) is 0.884. The van der Waals surface area contributed by atoms with Crippen molar-refractivity contribution in [3.63, 3.8) is 0 Å². The minimum atomic E-state index is -0.297. The summed E-state index contributed by atoms with van der Waals surface area (Å²) in [5.74, 6) is 0.478. The Morgan fingerprint density at radius 3 is 2.72 bits per heavy atom. The third kappa shape index (κ3) is 4.15. The van der Waals surface area contributed by atoms with Gasteiger partial charge in [0.25, 0.3) is 0 Å². The number of urea groups is 1. The lowest BCUT2D eigenvalue weighted by molar-refractivity contribution is -0.121. The van der Waals surface area contributed by atoms with Gasteiger partial charge in [-0.15, -0.1) is 0 Å². The molecule has 2 aromatic rings. The number of rotatable bonds is 2. The zero-order chi connectivity index (χ0) is 17.8. The lowest BCUT2D eigenvalue weighted by Crippen LogP contribution is -2.39. The molecule has 1 aromatic heterocycles. The molecular weight excluding hydrogens is 316 g/mol. The van der Waals surface area contributed by atoms with Gasteiger partial charge in [0.2, 0.25) is 5.91 Å². The average Bonchev–Trinajstić information content (AvgIpc) is 2.76. The van der Waals surface area contributed by atoms with Gasteiger partial charge in [-0.1, -0.05) is 30.3 Å². The molecule has 1 atom stereocenters. The Labute approximate surface area is 147 Å². The van der Waals surface area contributed by atoms with Gasteiger partial charge in [0.05, 0.1) is 12.5 Å². The Morgan fingerprint density at radius 2 is 2.00 bits per heavy atom. The molecule has 0 saturated carbocycles. The number of amides is 3. The molecule has 1 unspecified atom stereocenters. The maximum Gasteiger partial charge on any atom is 0.323 e. The number of anilines is 1. The van der Waals surface area contributed by atoms with E-state index in [1.54, 1.807) is 4.90 Å². The highest BCUT2D eigenvalue weighted by atomic mass is 16.2. The molecule has 2 N–H and O–H groups in total. The number of aromatic nitrogens is 1. The van der Waals surface area contributed by atoms with Gasteiger partial charge in [-0.05, 0) is 37.1 Å². The van der Waals surface area contributed by atoms with Crippen LogP contribution in [0.15, 0.2) is 42.5 Å². The molecule has 25 heavy (non-hydrogen) atoms. The van der Waals surface area contributed by atoms with Crippen LogP contribution in [0.3, 0.4) is 0 Å². The largest absolute Gasteiger partial charge is 0.354 e. The van der Waals surface area contributed by atoms with Crippen molar-refractivity contribution in [1.82, 2.24) is 15.2 Å². The Morgan fingerprint density at radius 1 is 1.24 bits per heavy atom. The molecule has 6 nitrogen and oxygen atoms in total. The third-order valence-corrected chi connectivity index (χ3v) is 4.21. The van der Waals surface area contributed by atoms with Crippen molar-refractivity contribution in [3.05, 3.63) is 59.3 Å². The van der Waals surface area contributed by atoms with Crippen LogP contribution >= 0.6 is 0 Å². The van der Waals surface area contributed by atoms with E-state index in [0.717, 1.165) is 16.8 Å². The van der Waals surface area contributed by atoms with Crippen LogP contribution < -0.4 is 10.6 Å². The fourth-order valence-corrected chi connectivity index (χ4v) is 3.13. The topological polar surface area (TPSA) is 74.3 Å². The smallest absolute Gasteiger partial charge is 0.323 e. The van der Waals surface area contributed by atoms with Crippen molar-refractivity contribution in [2.45, 2.75) is 26.3 Å². The van der Waals surface area contributed by atoms with E-state index in [-0.39, 0.29) is 24.4 Å². The van der Waals surface area contributed by atoms with Crippen LogP contribution in [-0.4, -0.2) is 34.9 Å². The van der Waals surface area contributed by atoms with Crippen LogP contribution in [0.5, 0.6) is 0 Å². The van der Waals surface area contributed by atoms with Crippen molar-refractivity contribution in [3.8, 4) is 0 Å². The van der Waals surface area contributed by atoms with Gasteiger partial charge < -0.3 is 10.2 Å². The summed E-state index contributed by atoms with van der Waals surface area (Å²) in [6.07, 6.45) is 0.248. The first-order chi connectivity index (χ1) is 12.0. The van der Waals surface area contributed by atoms with E-state index in [1.165, 1.54) is 0 Å². The molecule has 2 heterocycles. The zero-order valence-electron chi connectivity index (χ0n) is 14.5. The summed E-state index contributed by atoms with van der Waals surface area (Å²) < 4.78 is 0.